The third-order valence-corrected chi connectivity index (χ3v) is 4.49. The molecule has 0 bridgehead atoms. The van der Waals surface area contributed by atoms with Crippen LogP contribution in [-0.2, 0) is 20.7 Å². The maximum atomic E-state index is 12.1. The zero-order chi connectivity index (χ0) is 15.5. The largest absolute Gasteiger partial charge is 0.451 e. The van der Waals surface area contributed by atoms with Crippen LogP contribution >= 0.6 is 0 Å². The Morgan fingerprint density at radius 1 is 1.32 bits per heavy atom. The molecule has 0 saturated carbocycles. The normalized spacial score (nSPS) is 37.5. The molecule has 0 radical (unpaired) electrons. The SMILES string of the molecule is O=C1O[C@@H]2[C@@H](O)CO[C@]2(O)[C@@]1(O)Cc1c[nH]c2ccccc12. The Balaban J connectivity index is 1.76. The number of nitrogens with one attached hydrogen (secondary N) is 1. The van der Waals surface area contributed by atoms with Gasteiger partial charge in [-0.05, 0) is 11.6 Å². The number of aromatic nitrogens is 1. The number of H-pyrrole nitrogens is 1. The summed E-state index contributed by atoms with van der Waals surface area (Å²) in [7, 11) is 0. The molecule has 116 valence electrons. The van der Waals surface area contributed by atoms with Gasteiger partial charge in [-0.25, -0.2) is 4.79 Å². The van der Waals surface area contributed by atoms with Gasteiger partial charge in [0.2, 0.25) is 11.4 Å². The molecule has 0 amide bonds. The summed E-state index contributed by atoms with van der Waals surface area (Å²) in [6, 6.07) is 7.41. The monoisotopic (exact) mass is 305 g/mol. The smallest absolute Gasteiger partial charge is 0.344 e. The van der Waals surface area contributed by atoms with E-state index in [9.17, 15) is 20.1 Å². The van der Waals surface area contributed by atoms with Gasteiger partial charge in [0.15, 0.2) is 6.10 Å². The number of benzene rings is 1. The predicted octanol–water partition coefficient (Wildman–Crippen LogP) is -0.553. The quantitative estimate of drug-likeness (QED) is 0.554. The van der Waals surface area contributed by atoms with Crippen molar-refractivity contribution in [1.29, 1.82) is 0 Å². The highest BCUT2D eigenvalue weighted by Gasteiger charge is 2.73. The van der Waals surface area contributed by atoms with Gasteiger partial charge in [-0.2, -0.15) is 0 Å². The van der Waals surface area contributed by atoms with Crippen molar-refractivity contribution < 1.29 is 29.6 Å². The Labute approximate surface area is 125 Å². The second kappa shape index (κ2) is 4.30. The third kappa shape index (κ3) is 1.56. The molecule has 0 spiro atoms. The van der Waals surface area contributed by atoms with Crippen molar-refractivity contribution in [3.63, 3.8) is 0 Å². The van der Waals surface area contributed by atoms with Gasteiger partial charge in [-0.1, -0.05) is 18.2 Å². The van der Waals surface area contributed by atoms with Crippen LogP contribution in [0.4, 0.5) is 0 Å². The summed E-state index contributed by atoms with van der Waals surface area (Å²) in [4.78, 5) is 15.1. The lowest BCUT2D eigenvalue weighted by Crippen LogP contribution is -2.59. The van der Waals surface area contributed by atoms with E-state index in [2.05, 4.69) is 4.98 Å². The summed E-state index contributed by atoms with van der Waals surface area (Å²) >= 11 is 0. The molecule has 0 aliphatic carbocycles. The summed E-state index contributed by atoms with van der Waals surface area (Å²) in [5.41, 5.74) is -0.766. The molecule has 1 aromatic carbocycles. The molecular formula is C15H15NO6. The van der Waals surface area contributed by atoms with E-state index >= 15 is 0 Å². The van der Waals surface area contributed by atoms with Crippen molar-refractivity contribution in [1.82, 2.24) is 4.98 Å². The summed E-state index contributed by atoms with van der Waals surface area (Å²) in [5, 5.41) is 31.9. The van der Waals surface area contributed by atoms with E-state index in [-0.39, 0.29) is 13.0 Å². The maximum absolute atomic E-state index is 12.1. The van der Waals surface area contributed by atoms with E-state index in [0.717, 1.165) is 10.9 Å². The van der Waals surface area contributed by atoms with Gasteiger partial charge in [0.05, 0.1) is 6.61 Å². The van der Waals surface area contributed by atoms with Gasteiger partial charge in [-0.3, -0.25) is 0 Å². The second-order valence-corrected chi connectivity index (χ2v) is 5.80. The molecule has 1 aromatic heterocycles. The first kappa shape index (κ1) is 13.7. The first-order valence-electron chi connectivity index (χ1n) is 6.98. The highest BCUT2D eigenvalue weighted by Crippen LogP contribution is 2.45. The molecule has 2 saturated heterocycles. The van der Waals surface area contributed by atoms with Crippen LogP contribution in [0.3, 0.4) is 0 Å². The van der Waals surface area contributed by atoms with Crippen LogP contribution in [0.5, 0.6) is 0 Å². The van der Waals surface area contributed by atoms with Gasteiger partial charge >= 0.3 is 5.97 Å². The van der Waals surface area contributed by atoms with Crippen LogP contribution in [-0.4, -0.2) is 56.5 Å². The molecule has 7 heteroatoms. The van der Waals surface area contributed by atoms with Crippen LogP contribution in [0.1, 0.15) is 5.56 Å². The fraction of sp³-hybridized carbons (Fsp3) is 0.400. The number of fused-ring (bicyclic) bond motifs is 2. The van der Waals surface area contributed by atoms with Gasteiger partial charge in [0.25, 0.3) is 0 Å². The number of carbonyl (C=O) groups is 1. The number of ether oxygens (including phenoxy) is 2. The standard InChI is InChI=1S/C15H15NO6/c17-11-7-21-15(20)12(11)22-13(18)14(15,19)5-8-6-16-10-4-2-1-3-9(8)10/h1-4,6,11-12,16-17,19-20H,5,7H2/t11-,12+,14+,15-/m0/s1. The van der Waals surface area contributed by atoms with E-state index in [4.69, 9.17) is 9.47 Å². The van der Waals surface area contributed by atoms with E-state index in [0.29, 0.717) is 5.56 Å². The summed E-state index contributed by atoms with van der Waals surface area (Å²) < 4.78 is 10.1. The average Bonchev–Trinajstić information content (AvgIpc) is 3.09. The number of hydrogen-bond donors (Lipinski definition) is 4. The van der Waals surface area contributed by atoms with Crippen molar-refractivity contribution in [2.45, 2.75) is 30.0 Å². The molecule has 2 aromatic rings. The highest BCUT2D eigenvalue weighted by atomic mass is 16.7. The van der Waals surface area contributed by atoms with Gasteiger partial charge < -0.3 is 29.8 Å². The Kier molecular flexibility index (Phi) is 2.68. The number of esters is 1. The number of rotatable bonds is 2. The van der Waals surface area contributed by atoms with Crippen molar-refractivity contribution in [3.05, 3.63) is 36.0 Å². The fourth-order valence-corrected chi connectivity index (χ4v) is 3.27. The molecule has 2 fully saturated rings. The first-order chi connectivity index (χ1) is 10.5. The fourth-order valence-electron chi connectivity index (χ4n) is 3.27. The Morgan fingerprint density at radius 2 is 2.09 bits per heavy atom. The third-order valence-electron chi connectivity index (χ3n) is 4.49. The summed E-state index contributed by atoms with van der Waals surface area (Å²) in [6.07, 6.45) is -0.964. The number of aromatic amines is 1. The predicted molar refractivity (Wildman–Crippen MR) is 73.7 cm³/mol. The maximum Gasteiger partial charge on any atom is 0.344 e. The van der Waals surface area contributed by atoms with Crippen LogP contribution in [0.15, 0.2) is 30.5 Å². The number of para-hydroxylation sites is 1. The highest BCUT2D eigenvalue weighted by molar-refractivity contribution is 5.87. The summed E-state index contributed by atoms with van der Waals surface area (Å²) in [6.45, 7) is -0.204. The van der Waals surface area contributed by atoms with Crippen LogP contribution in [0.25, 0.3) is 10.9 Å². The molecule has 3 heterocycles. The number of aliphatic hydroxyl groups is 3. The van der Waals surface area contributed by atoms with Crippen molar-refractivity contribution in [2.24, 2.45) is 0 Å². The molecule has 22 heavy (non-hydrogen) atoms. The molecular weight excluding hydrogens is 290 g/mol. The van der Waals surface area contributed by atoms with Gasteiger partial charge in [-0.15, -0.1) is 0 Å². The summed E-state index contributed by atoms with van der Waals surface area (Å²) in [5.74, 6) is -3.24. The van der Waals surface area contributed by atoms with Crippen molar-refractivity contribution >= 4 is 16.9 Å². The molecule has 4 N–H and O–H groups in total. The minimum Gasteiger partial charge on any atom is -0.451 e. The molecule has 2 aliphatic heterocycles. The van der Waals surface area contributed by atoms with E-state index in [1.54, 1.807) is 6.20 Å². The van der Waals surface area contributed by atoms with E-state index in [1.165, 1.54) is 0 Å². The van der Waals surface area contributed by atoms with Crippen LogP contribution in [0, 0.1) is 0 Å². The van der Waals surface area contributed by atoms with Crippen molar-refractivity contribution in [3.8, 4) is 0 Å². The Morgan fingerprint density at radius 3 is 2.91 bits per heavy atom. The number of hydrogen-bond acceptors (Lipinski definition) is 6. The molecule has 2 aliphatic rings. The van der Waals surface area contributed by atoms with Gasteiger partial charge in [0, 0.05) is 23.5 Å². The van der Waals surface area contributed by atoms with E-state index in [1.807, 2.05) is 24.3 Å². The molecule has 4 rings (SSSR count). The second-order valence-electron chi connectivity index (χ2n) is 5.80. The lowest BCUT2D eigenvalue weighted by molar-refractivity contribution is -0.262. The topological polar surface area (TPSA) is 112 Å². The van der Waals surface area contributed by atoms with Crippen LogP contribution < -0.4 is 0 Å². The minimum atomic E-state index is -2.26. The Hall–Kier alpha value is -1.93. The number of aliphatic hydroxyl groups excluding tert-OH is 1. The average molecular weight is 305 g/mol. The number of carbonyl (C=O) groups excluding carboxylic acids is 1. The van der Waals surface area contributed by atoms with E-state index < -0.39 is 29.6 Å². The van der Waals surface area contributed by atoms with Gasteiger partial charge in [0.1, 0.15) is 6.10 Å². The lowest BCUT2D eigenvalue weighted by Gasteiger charge is -2.31. The molecule has 0 unspecified atom stereocenters. The molecule has 7 nitrogen and oxygen atoms in total. The van der Waals surface area contributed by atoms with Crippen molar-refractivity contribution in [2.75, 3.05) is 6.61 Å². The Bertz CT molecular complexity index is 757. The lowest BCUT2D eigenvalue weighted by atomic mass is 9.85. The zero-order valence-electron chi connectivity index (χ0n) is 11.5. The first-order valence-corrected chi connectivity index (χ1v) is 6.98. The van der Waals surface area contributed by atoms with Crippen LogP contribution in [0.2, 0.25) is 0 Å². The minimum absolute atomic E-state index is 0.185. The zero-order valence-corrected chi connectivity index (χ0v) is 11.5. The molecule has 4 atom stereocenters.